The quantitative estimate of drug-likeness (QED) is 0.645. The Morgan fingerprint density at radius 2 is 1.88 bits per heavy atom. The van der Waals surface area contributed by atoms with Crippen LogP contribution in [0.1, 0.15) is 12.0 Å². The van der Waals surface area contributed by atoms with Crippen LogP contribution >= 0.6 is 0 Å². The summed E-state index contributed by atoms with van der Waals surface area (Å²) in [5, 5.41) is 18.7. The number of fused-ring (bicyclic) bond motifs is 1. The van der Waals surface area contributed by atoms with Gasteiger partial charge >= 0.3 is 6.18 Å². The van der Waals surface area contributed by atoms with Gasteiger partial charge in [-0.25, -0.2) is 4.98 Å². The van der Waals surface area contributed by atoms with Gasteiger partial charge in [0.25, 0.3) is 5.56 Å². The van der Waals surface area contributed by atoms with Crippen molar-refractivity contribution < 1.29 is 23.4 Å². The van der Waals surface area contributed by atoms with E-state index in [-0.39, 0.29) is 18.9 Å². The monoisotopic (exact) mass is 367 g/mol. The number of benzene rings is 1. The van der Waals surface area contributed by atoms with Crippen molar-refractivity contribution in [3.05, 3.63) is 52.4 Å². The van der Waals surface area contributed by atoms with Gasteiger partial charge in [-0.1, -0.05) is 12.1 Å². The minimum Gasteiger partial charge on any atom is -0.394 e. The van der Waals surface area contributed by atoms with Crippen molar-refractivity contribution in [3.63, 3.8) is 0 Å². The molecule has 26 heavy (non-hydrogen) atoms. The number of aliphatic hydroxyl groups excluding tert-OH is 2. The van der Waals surface area contributed by atoms with Crippen LogP contribution in [0.2, 0.25) is 0 Å². The maximum Gasteiger partial charge on any atom is 0.416 e. The molecule has 0 aliphatic rings. The number of rotatable bonds is 5. The summed E-state index contributed by atoms with van der Waals surface area (Å²) in [4.78, 5) is 19.1. The van der Waals surface area contributed by atoms with Crippen LogP contribution in [0.25, 0.3) is 22.4 Å². The van der Waals surface area contributed by atoms with Gasteiger partial charge in [0.2, 0.25) is 0 Å². The lowest BCUT2D eigenvalue weighted by Gasteiger charge is -2.10. The molecule has 2 heterocycles. The van der Waals surface area contributed by atoms with E-state index >= 15 is 0 Å². The summed E-state index contributed by atoms with van der Waals surface area (Å²) in [5.74, 6) is 0.152. The fourth-order valence-electron chi connectivity index (χ4n) is 2.59. The standard InChI is InChI=1S/C17H16F3N3O3/c18-17(19,20)11-3-1-10(2-4-11)14-21-15-13(16(26)22-14)6-8-23(15)7-5-12(25)9-24/h1-4,6,8,12,24-25H,5,7,9H2,(H,21,22,26). The Balaban J connectivity index is 1.98. The Morgan fingerprint density at radius 1 is 1.19 bits per heavy atom. The molecule has 1 unspecified atom stereocenters. The molecule has 138 valence electrons. The van der Waals surface area contributed by atoms with Crippen molar-refractivity contribution in [1.82, 2.24) is 14.5 Å². The summed E-state index contributed by atoms with van der Waals surface area (Å²) in [6.45, 7) is -0.0435. The average molecular weight is 367 g/mol. The van der Waals surface area contributed by atoms with Crippen molar-refractivity contribution in [2.45, 2.75) is 25.2 Å². The number of aromatic nitrogens is 3. The molecular weight excluding hydrogens is 351 g/mol. The van der Waals surface area contributed by atoms with Gasteiger partial charge in [-0.2, -0.15) is 13.2 Å². The van der Waals surface area contributed by atoms with Crippen LogP contribution in [-0.4, -0.2) is 37.5 Å². The van der Waals surface area contributed by atoms with E-state index in [1.165, 1.54) is 12.1 Å². The molecule has 0 aliphatic carbocycles. The predicted molar refractivity (Wildman–Crippen MR) is 88.5 cm³/mol. The highest BCUT2D eigenvalue weighted by Gasteiger charge is 2.30. The molecule has 0 saturated heterocycles. The first kappa shape index (κ1) is 18.2. The summed E-state index contributed by atoms with van der Waals surface area (Å²) < 4.78 is 39.7. The first-order valence-electron chi connectivity index (χ1n) is 7.85. The highest BCUT2D eigenvalue weighted by Crippen LogP contribution is 2.30. The maximum atomic E-state index is 12.7. The van der Waals surface area contributed by atoms with Crippen molar-refractivity contribution >= 4 is 11.0 Å². The Bertz CT molecular complexity index is 961. The van der Waals surface area contributed by atoms with Gasteiger partial charge in [-0.05, 0) is 24.6 Å². The minimum absolute atomic E-state index is 0.152. The molecule has 0 radical (unpaired) electrons. The SMILES string of the molecule is O=c1[nH]c(-c2ccc(C(F)(F)F)cc2)nc2c1ccn2CCC(O)CO. The molecule has 0 saturated carbocycles. The highest BCUT2D eigenvalue weighted by molar-refractivity contribution is 5.77. The number of nitrogens with one attached hydrogen (secondary N) is 1. The topological polar surface area (TPSA) is 91.1 Å². The minimum atomic E-state index is -4.44. The van der Waals surface area contributed by atoms with Crippen molar-refractivity contribution in [1.29, 1.82) is 0 Å². The van der Waals surface area contributed by atoms with E-state index in [1.54, 1.807) is 16.8 Å². The zero-order valence-corrected chi connectivity index (χ0v) is 13.5. The van der Waals surface area contributed by atoms with Crippen molar-refractivity contribution in [3.8, 4) is 11.4 Å². The number of hydrogen-bond acceptors (Lipinski definition) is 4. The summed E-state index contributed by atoms with van der Waals surface area (Å²) in [7, 11) is 0. The molecule has 0 fully saturated rings. The van der Waals surface area contributed by atoms with Crippen LogP contribution in [-0.2, 0) is 12.7 Å². The van der Waals surface area contributed by atoms with Crippen LogP contribution in [0, 0.1) is 0 Å². The maximum absolute atomic E-state index is 12.7. The van der Waals surface area contributed by atoms with Gasteiger partial charge in [-0.3, -0.25) is 4.79 Å². The molecule has 0 spiro atoms. The number of H-pyrrole nitrogens is 1. The highest BCUT2D eigenvalue weighted by atomic mass is 19.4. The summed E-state index contributed by atoms with van der Waals surface area (Å²) in [6, 6.07) is 5.92. The van der Waals surface area contributed by atoms with Gasteiger partial charge in [0.1, 0.15) is 11.5 Å². The molecule has 0 aliphatic heterocycles. The fraction of sp³-hybridized carbons (Fsp3) is 0.294. The number of aliphatic hydroxyl groups is 2. The number of alkyl halides is 3. The first-order chi connectivity index (χ1) is 12.3. The summed E-state index contributed by atoms with van der Waals surface area (Å²) in [5.41, 5.74) is -0.494. The fourth-order valence-corrected chi connectivity index (χ4v) is 2.59. The van der Waals surface area contributed by atoms with Gasteiger partial charge < -0.3 is 19.8 Å². The largest absolute Gasteiger partial charge is 0.416 e. The van der Waals surface area contributed by atoms with E-state index in [0.29, 0.717) is 23.1 Å². The molecule has 0 amide bonds. The zero-order valence-electron chi connectivity index (χ0n) is 13.5. The van der Waals surface area contributed by atoms with E-state index in [2.05, 4.69) is 9.97 Å². The van der Waals surface area contributed by atoms with Crippen LogP contribution in [0.5, 0.6) is 0 Å². The Morgan fingerprint density at radius 3 is 2.50 bits per heavy atom. The molecule has 9 heteroatoms. The van der Waals surface area contributed by atoms with E-state index < -0.39 is 23.4 Å². The van der Waals surface area contributed by atoms with Crippen LogP contribution in [0.4, 0.5) is 13.2 Å². The molecule has 3 N–H and O–H groups in total. The van der Waals surface area contributed by atoms with Gasteiger partial charge in [-0.15, -0.1) is 0 Å². The molecule has 1 atom stereocenters. The lowest BCUT2D eigenvalue weighted by atomic mass is 10.1. The third-order valence-electron chi connectivity index (χ3n) is 4.03. The number of halogens is 3. The summed E-state index contributed by atoms with van der Waals surface area (Å²) in [6.07, 6.45) is -3.42. The second-order valence-electron chi connectivity index (χ2n) is 5.86. The van der Waals surface area contributed by atoms with E-state index in [9.17, 15) is 23.1 Å². The molecule has 0 bridgehead atoms. The van der Waals surface area contributed by atoms with Crippen LogP contribution < -0.4 is 5.56 Å². The van der Waals surface area contributed by atoms with Crippen LogP contribution in [0.3, 0.4) is 0 Å². The van der Waals surface area contributed by atoms with Crippen LogP contribution in [0.15, 0.2) is 41.3 Å². The lowest BCUT2D eigenvalue weighted by molar-refractivity contribution is -0.137. The first-order valence-corrected chi connectivity index (χ1v) is 7.85. The number of hydrogen-bond donors (Lipinski definition) is 3. The third-order valence-corrected chi connectivity index (χ3v) is 4.03. The smallest absolute Gasteiger partial charge is 0.394 e. The molecule has 3 rings (SSSR count). The predicted octanol–water partition coefficient (Wildman–Crippen LogP) is 2.15. The second kappa shape index (κ2) is 6.93. The van der Waals surface area contributed by atoms with Crippen molar-refractivity contribution in [2.24, 2.45) is 0 Å². The molecule has 1 aromatic carbocycles. The molecule has 6 nitrogen and oxygen atoms in total. The average Bonchev–Trinajstić information content (AvgIpc) is 3.02. The van der Waals surface area contributed by atoms with E-state index in [1.807, 2.05) is 0 Å². The van der Waals surface area contributed by atoms with Crippen molar-refractivity contribution in [2.75, 3.05) is 6.61 Å². The molecular formula is C17H16F3N3O3. The third kappa shape index (κ3) is 3.63. The van der Waals surface area contributed by atoms with E-state index in [0.717, 1.165) is 12.1 Å². The summed E-state index contributed by atoms with van der Waals surface area (Å²) >= 11 is 0. The number of nitrogens with zero attached hydrogens (tertiary/aromatic N) is 2. The molecule has 3 aromatic rings. The lowest BCUT2D eigenvalue weighted by Crippen LogP contribution is -2.16. The normalized spacial score (nSPS) is 13.3. The second-order valence-corrected chi connectivity index (χ2v) is 5.86. The van der Waals surface area contributed by atoms with Gasteiger partial charge in [0, 0.05) is 18.3 Å². The zero-order chi connectivity index (χ0) is 18.9. The number of aryl methyl sites for hydroxylation is 1. The number of aromatic amines is 1. The Hall–Kier alpha value is -2.65. The van der Waals surface area contributed by atoms with E-state index in [4.69, 9.17) is 5.11 Å². The van der Waals surface area contributed by atoms with Gasteiger partial charge in [0.15, 0.2) is 0 Å². The van der Waals surface area contributed by atoms with Gasteiger partial charge in [0.05, 0.1) is 23.7 Å². The molecule has 2 aromatic heterocycles. The Labute approximate surface area is 145 Å². The Kier molecular flexibility index (Phi) is 4.84.